The fourth-order valence-electron chi connectivity index (χ4n) is 1.62. The maximum atomic E-state index is 4.36. The lowest BCUT2D eigenvalue weighted by Crippen LogP contribution is -2.29. The van der Waals surface area contributed by atoms with E-state index in [-0.39, 0.29) is 0 Å². The molecule has 17 heavy (non-hydrogen) atoms. The Morgan fingerprint density at radius 3 is 2.41 bits per heavy atom. The Morgan fingerprint density at radius 1 is 1.35 bits per heavy atom. The van der Waals surface area contributed by atoms with Gasteiger partial charge in [-0.1, -0.05) is 41.0 Å². The summed E-state index contributed by atoms with van der Waals surface area (Å²) in [7, 11) is 2.05. The summed E-state index contributed by atoms with van der Waals surface area (Å²) in [6, 6.07) is 0. The van der Waals surface area contributed by atoms with Crippen LogP contribution in [0.3, 0.4) is 0 Å². The largest absolute Gasteiger partial charge is 0.337 e. The molecule has 1 aromatic heterocycles. The quantitative estimate of drug-likeness (QED) is 0.759. The summed E-state index contributed by atoms with van der Waals surface area (Å²) < 4.78 is 2.10. The number of hydrogen-bond acceptors (Lipinski definition) is 2. The van der Waals surface area contributed by atoms with Crippen LogP contribution in [0.5, 0.6) is 0 Å². The van der Waals surface area contributed by atoms with Crippen LogP contribution in [0.15, 0.2) is 12.4 Å². The number of aromatic nitrogens is 2. The number of imidazole rings is 1. The van der Waals surface area contributed by atoms with E-state index in [1.807, 2.05) is 26.2 Å². The van der Waals surface area contributed by atoms with Gasteiger partial charge in [0.25, 0.3) is 0 Å². The zero-order valence-corrected chi connectivity index (χ0v) is 12.4. The van der Waals surface area contributed by atoms with Crippen LogP contribution in [0.4, 0.5) is 0 Å². The highest BCUT2D eigenvalue weighted by molar-refractivity contribution is 4.90. The van der Waals surface area contributed by atoms with Gasteiger partial charge in [-0.05, 0) is 12.5 Å². The first-order valence-corrected chi connectivity index (χ1v) is 6.85. The van der Waals surface area contributed by atoms with Crippen LogP contribution in [-0.2, 0) is 13.6 Å². The molecule has 0 aliphatic heterocycles. The third-order valence-corrected chi connectivity index (χ3v) is 3.00. The number of nitrogens with zero attached hydrogens (tertiary/aromatic N) is 3. The van der Waals surface area contributed by atoms with Gasteiger partial charge in [0, 0.05) is 26.0 Å². The fourth-order valence-corrected chi connectivity index (χ4v) is 1.62. The first-order valence-electron chi connectivity index (χ1n) is 6.85. The molecule has 100 valence electrons. The van der Waals surface area contributed by atoms with Crippen molar-refractivity contribution in [2.45, 2.75) is 47.6 Å². The Kier molecular flexibility index (Phi) is 8.78. The second-order valence-electron chi connectivity index (χ2n) is 4.30. The van der Waals surface area contributed by atoms with Crippen molar-refractivity contribution in [3.8, 4) is 0 Å². The predicted molar refractivity (Wildman–Crippen MR) is 75.0 cm³/mol. The van der Waals surface area contributed by atoms with Gasteiger partial charge in [-0.2, -0.15) is 0 Å². The van der Waals surface area contributed by atoms with Gasteiger partial charge in [0.05, 0.1) is 6.54 Å². The molecule has 0 saturated carbocycles. The normalized spacial score (nSPS) is 12.2. The van der Waals surface area contributed by atoms with E-state index in [4.69, 9.17) is 0 Å². The highest BCUT2D eigenvalue weighted by Gasteiger charge is 2.09. The van der Waals surface area contributed by atoms with Crippen molar-refractivity contribution < 1.29 is 0 Å². The lowest BCUT2D eigenvalue weighted by Gasteiger charge is -2.23. The molecule has 0 saturated heterocycles. The summed E-state index contributed by atoms with van der Waals surface area (Å²) >= 11 is 0. The van der Waals surface area contributed by atoms with E-state index >= 15 is 0 Å². The van der Waals surface area contributed by atoms with Crippen molar-refractivity contribution >= 4 is 0 Å². The lowest BCUT2D eigenvalue weighted by atomic mass is 10.1. The molecule has 0 aliphatic rings. The molecule has 1 unspecified atom stereocenters. The minimum atomic E-state index is 0.769. The van der Waals surface area contributed by atoms with E-state index < -0.39 is 0 Å². The molecular formula is C14H29N3. The zero-order chi connectivity index (χ0) is 13.3. The summed E-state index contributed by atoms with van der Waals surface area (Å²) in [5.74, 6) is 1.92. The lowest BCUT2D eigenvalue weighted by molar-refractivity contribution is 0.231. The first-order chi connectivity index (χ1) is 8.17. The summed E-state index contributed by atoms with van der Waals surface area (Å²) in [4.78, 5) is 6.81. The molecule has 0 aliphatic carbocycles. The monoisotopic (exact) mass is 239 g/mol. The molecule has 0 N–H and O–H groups in total. The Hall–Kier alpha value is -0.830. The van der Waals surface area contributed by atoms with Gasteiger partial charge in [-0.3, -0.25) is 4.90 Å². The minimum absolute atomic E-state index is 0.769. The van der Waals surface area contributed by atoms with Crippen LogP contribution >= 0.6 is 0 Å². The third kappa shape index (κ3) is 5.87. The van der Waals surface area contributed by atoms with Gasteiger partial charge in [-0.15, -0.1) is 0 Å². The molecule has 0 radical (unpaired) electrons. The summed E-state index contributed by atoms with van der Waals surface area (Å²) in [6.07, 6.45) is 5.12. The molecule has 1 aromatic rings. The van der Waals surface area contributed by atoms with E-state index in [9.17, 15) is 0 Å². The van der Waals surface area contributed by atoms with E-state index in [0.29, 0.717) is 0 Å². The van der Waals surface area contributed by atoms with E-state index in [1.165, 1.54) is 13.0 Å². The number of rotatable bonds is 6. The van der Waals surface area contributed by atoms with Gasteiger partial charge in [-0.25, -0.2) is 4.98 Å². The maximum absolute atomic E-state index is 4.36. The Morgan fingerprint density at radius 2 is 2.00 bits per heavy atom. The molecule has 3 heteroatoms. The molecule has 0 spiro atoms. The van der Waals surface area contributed by atoms with Gasteiger partial charge in [0.15, 0.2) is 0 Å². The molecule has 0 fully saturated rings. The summed E-state index contributed by atoms with van der Waals surface area (Å²) in [5.41, 5.74) is 0. The van der Waals surface area contributed by atoms with E-state index in [1.54, 1.807) is 0 Å². The van der Waals surface area contributed by atoms with Crippen molar-refractivity contribution in [2.75, 3.05) is 13.1 Å². The van der Waals surface area contributed by atoms with Crippen LogP contribution < -0.4 is 0 Å². The minimum Gasteiger partial charge on any atom is -0.337 e. The molecular weight excluding hydrogens is 210 g/mol. The van der Waals surface area contributed by atoms with Crippen LogP contribution in [0.25, 0.3) is 0 Å². The average Bonchev–Trinajstić information content (AvgIpc) is 2.76. The van der Waals surface area contributed by atoms with Crippen molar-refractivity contribution in [1.82, 2.24) is 14.5 Å². The molecule has 0 aromatic carbocycles. The number of hydrogen-bond donors (Lipinski definition) is 0. The van der Waals surface area contributed by atoms with E-state index in [0.717, 1.165) is 24.8 Å². The van der Waals surface area contributed by atoms with Crippen molar-refractivity contribution in [3.63, 3.8) is 0 Å². The Bertz CT molecular complexity index is 281. The molecule has 1 heterocycles. The van der Waals surface area contributed by atoms with Crippen molar-refractivity contribution in [1.29, 1.82) is 0 Å². The molecule has 0 amide bonds. The smallest absolute Gasteiger partial charge is 0.122 e. The molecule has 3 nitrogen and oxygen atoms in total. The molecule has 1 rings (SSSR count). The van der Waals surface area contributed by atoms with Crippen LogP contribution in [0.2, 0.25) is 0 Å². The highest BCUT2D eigenvalue weighted by atomic mass is 15.2. The summed E-state index contributed by atoms with van der Waals surface area (Å²) in [5, 5.41) is 0. The maximum Gasteiger partial charge on any atom is 0.122 e. The number of aryl methyl sites for hydroxylation is 1. The highest BCUT2D eigenvalue weighted by Crippen LogP contribution is 2.07. The van der Waals surface area contributed by atoms with Crippen LogP contribution in [0, 0.1) is 5.92 Å². The average molecular weight is 239 g/mol. The fraction of sp³-hybridized carbons (Fsp3) is 0.786. The second-order valence-corrected chi connectivity index (χ2v) is 4.30. The SMILES string of the molecule is CC.CCC(C)CN(CC)Cc1nccn1C. The molecule has 1 atom stereocenters. The second kappa shape index (κ2) is 9.23. The van der Waals surface area contributed by atoms with E-state index in [2.05, 4.69) is 42.3 Å². The van der Waals surface area contributed by atoms with Gasteiger partial charge < -0.3 is 4.57 Å². The van der Waals surface area contributed by atoms with Crippen LogP contribution in [-0.4, -0.2) is 27.5 Å². The zero-order valence-electron chi connectivity index (χ0n) is 12.4. The topological polar surface area (TPSA) is 21.1 Å². The van der Waals surface area contributed by atoms with Gasteiger partial charge in [0.2, 0.25) is 0 Å². The van der Waals surface area contributed by atoms with Gasteiger partial charge >= 0.3 is 0 Å². The van der Waals surface area contributed by atoms with Crippen molar-refractivity contribution in [2.24, 2.45) is 13.0 Å². The Labute approximate surface area is 107 Å². The van der Waals surface area contributed by atoms with Crippen LogP contribution in [0.1, 0.15) is 46.9 Å². The first kappa shape index (κ1) is 16.2. The van der Waals surface area contributed by atoms with Gasteiger partial charge in [0.1, 0.15) is 5.82 Å². The molecule has 0 bridgehead atoms. The predicted octanol–water partition coefficient (Wildman–Crippen LogP) is 3.31. The van der Waals surface area contributed by atoms with Crippen molar-refractivity contribution in [3.05, 3.63) is 18.2 Å². The standard InChI is InChI=1S/C12H23N3.C2H6/c1-5-11(3)9-15(6-2)10-12-13-7-8-14(12)4;1-2/h7-8,11H,5-6,9-10H2,1-4H3;1-2H3. The Balaban J connectivity index is 0.00000121. The summed E-state index contributed by atoms with van der Waals surface area (Å²) in [6.45, 7) is 14.0. The third-order valence-electron chi connectivity index (χ3n) is 3.00.